The van der Waals surface area contributed by atoms with Crippen molar-refractivity contribution in [3.63, 3.8) is 0 Å². The zero-order valence-corrected chi connectivity index (χ0v) is 10.7. The van der Waals surface area contributed by atoms with E-state index in [4.69, 9.17) is 15.2 Å². The molecule has 0 saturated carbocycles. The average Bonchev–Trinajstić information content (AvgIpc) is 2.45. The Morgan fingerprint density at radius 2 is 1.84 bits per heavy atom. The Balaban J connectivity index is 2.11. The second kappa shape index (κ2) is 6.20. The zero-order valence-electron chi connectivity index (χ0n) is 10.7. The Labute approximate surface area is 111 Å². The molecule has 19 heavy (non-hydrogen) atoms. The van der Waals surface area contributed by atoms with E-state index >= 15 is 0 Å². The molecule has 0 unspecified atom stereocenters. The first kappa shape index (κ1) is 13.4. The number of nitrogens with two attached hydrogens (primary N) is 1. The van der Waals surface area contributed by atoms with E-state index in [2.05, 4.69) is 0 Å². The molecule has 0 atom stereocenters. The van der Waals surface area contributed by atoms with E-state index in [1.54, 1.807) is 19.2 Å². The lowest BCUT2D eigenvalue weighted by Gasteiger charge is -2.11. The van der Waals surface area contributed by atoms with E-state index in [9.17, 15) is 4.39 Å². The summed E-state index contributed by atoms with van der Waals surface area (Å²) in [5, 5.41) is 0. The fraction of sp³-hybridized carbons (Fsp3) is 0.200. The molecule has 0 radical (unpaired) electrons. The lowest BCUT2D eigenvalue weighted by Crippen LogP contribution is -2.05. The predicted molar refractivity (Wildman–Crippen MR) is 71.6 cm³/mol. The molecular weight excluding hydrogens is 245 g/mol. The summed E-state index contributed by atoms with van der Waals surface area (Å²) in [7, 11) is 1.60. The fourth-order valence-corrected chi connectivity index (χ4v) is 1.78. The van der Waals surface area contributed by atoms with Gasteiger partial charge in [-0.2, -0.15) is 0 Å². The second-order valence-corrected chi connectivity index (χ2v) is 4.08. The Hall–Kier alpha value is -2.07. The molecule has 0 amide bonds. The van der Waals surface area contributed by atoms with Crippen LogP contribution < -0.4 is 15.2 Å². The van der Waals surface area contributed by atoms with Crippen LogP contribution in [0.15, 0.2) is 42.5 Å². The molecule has 0 heterocycles. The minimum atomic E-state index is -0.290. The number of ether oxygens (including phenoxy) is 2. The quantitative estimate of drug-likeness (QED) is 0.900. The van der Waals surface area contributed by atoms with Crippen molar-refractivity contribution in [2.45, 2.75) is 13.2 Å². The summed E-state index contributed by atoms with van der Waals surface area (Å²) >= 11 is 0. The van der Waals surface area contributed by atoms with E-state index in [0.717, 1.165) is 16.9 Å². The van der Waals surface area contributed by atoms with Crippen molar-refractivity contribution in [3.8, 4) is 11.5 Å². The van der Waals surface area contributed by atoms with Crippen LogP contribution in [0.3, 0.4) is 0 Å². The summed E-state index contributed by atoms with van der Waals surface area (Å²) in [6.45, 7) is 0.633. The molecule has 0 spiro atoms. The van der Waals surface area contributed by atoms with Crippen LogP contribution in [-0.2, 0) is 13.2 Å². The minimum Gasteiger partial charge on any atom is -0.497 e. The first-order chi connectivity index (χ1) is 9.22. The average molecular weight is 261 g/mol. The number of benzene rings is 2. The summed E-state index contributed by atoms with van der Waals surface area (Å²) in [4.78, 5) is 0. The third-order valence-corrected chi connectivity index (χ3v) is 2.82. The Kier molecular flexibility index (Phi) is 4.36. The molecule has 100 valence electrons. The lowest BCUT2D eigenvalue weighted by atomic mass is 10.1. The summed E-state index contributed by atoms with van der Waals surface area (Å²) in [5.41, 5.74) is 7.25. The van der Waals surface area contributed by atoms with Gasteiger partial charge in [0.25, 0.3) is 0 Å². The highest BCUT2D eigenvalue weighted by Gasteiger charge is 2.04. The number of hydrogen-bond donors (Lipinski definition) is 1. The molecule has 0 aliphatic carbocycles. The molecule has 2 rings (SSSR count). The maximum Gasteiger partial charge on any atom is 0.123 e. The van der Waals surface area contributed by atoms with Gasteiger partial charge >= 0.3 is 0 Å². The standard InChI is InChI=1S/C15H16FNO2/c1-18-14-3-2-4-15(8-14)19-10-12-7-13(16)6-5-11(12)9-17/h2-8H,9-10,17H2,1H3. The van der Waals surface area contributed by atoms with Crippen molar-refractivity contribution in [1.29, 1.82) is 0 Å². The van der Waals surface area contributed by atoms with E-state index in [0.29, 0.717) is 12.3 Å². The molecule has 3 nitrogen and oxygen atoms in total. The van der Waals surface area contributed by atoms with Gasteiger partial charge in [-0.1, -0.05) is 12.1 Å². The van der Waals surface area contributed by atoms with Gasteiger partial charge in [0, 0.05) is 12.6 Å². The normalized spacial score (nSPS) is 10.3. The third kappa shape index (κ3) is 3.45. The molecule has 2 N–H and O–H groups in total. The molecule has 0 aliphatic rings. The topological polar surface area (TPSA) is 44.5 Å². The molecule has 0 aliphatic heterocycles. The van der Waals surface area contributed by atoms with Crippen LogP contribution in [-0.4, -0.2) is 7.11 Å². The SMILES string of the molecule is COc1cccc(OCc2cc(F)ccc2CN)c1. The smallest absolute Gasteiger partial charge is 0.123 e. The Morgan fingerprint density at radius 1 is 1.05 bits per heavy atom. The maximum absolute atomic E-state index is 13.2. The van der Waals surface area contributed by atoms with Crippen molar-refractivity contribution >= 4 is 0 Å². The molecule has 0 fully saturated rings. The molecule has 2 aromatic carbocycles. The van der Waals surface area contributed by atoms with Crippen LogP contribution >= 0.6 is 0 Å². The van der Waals surface area contributed by atoms with Crippen molar-refractivity contribution < 1.29 is 13.9 Å². The van der Waals surface area contributed by atoms with Gasteiger partial charge in [0.05, 0.1) is 7.11 Å². The molecular formula is C15H16FNO2. The van der Waals surface area contributed by atoms with Crippen LogP contribution in [0.4, 0.5) is 4.39 Å². The highest BCUT2D eigenvalue weighted by atomic mass is 19.1. The number of hydrogen-bond acceptors (Lipinski definition) is 3. The first-order valence-electron chi connectivity index (χ1n) is 5.97. The summed E-state index contributed by atoms with van der Waals surface area (Å²) in [6.07, 6.45) is 0. The van der Waals surface area contributed by atoms with Crippen LogP contribution in [0.5, 0.6) is 11.5 Å². The number of methoxy groups -OCH3 is 1. The van der Waals surface area contributed by atoms with E-state index in [1.165, 1.54) is 12.1 Å². The number of halogens is 1. The van der Waals surface area contributed by atoms with E-state index in [1.807, 2.05) is 18.2 Å². The molecule has 4 heteroatoms. The molecule has 0 saturated heterocycles. The van der Waals surface area contributed by atoms with Gasteiger partial charge in [-0.15, -0.1) is 0 Å². The zero-order chi connectivity index (χ0) is 13.7. The highest BCUT2D eigenvalue weighted by Crippen LogP contribution is 2.21. The van der Waals surface area contributed by atoms with Gasteiger partial charge in [0.1, 0.15) is 23.9 Å². The van der Waals surface area contributed by atoms with E-state index in [-0.39, 0.29) is 12.4 Å². The Morgan fingerprint density at radius 3 is 2.58 bits per heavy atom. The molecule has 2 aromatic rings. The predicted octanol–water partition coefficient (Wildman–Crippen LogP) is 2.87. The van der Waals surface area contributed by atoms with Crippen LogP contribution in [0, 0.1) is 5.82 Å². The van der Waals surface area contributed by atoms with Crippen LogP contribution in [0.1, 0.15) is 11.1 Å². The molecule has 0 bridgehead atoms. The van der Waals surface area contributed by atoms with Crippen molar-refractivity contribution in [3.05, 3.63) is 59.4 Å². The largest absolute Gasteiger partial charge is 0.497 e. The van der Waals surface area contributed by atoms with Gasteiger partial charge in [-0.05, 0) is 35.4 Å². The minimum absolute atomic E-state index is 0.275. The van der Waals surface area contributed by atoms with E-state index < -0.39 is 0 Å². The van der Waals surface area contributed by atoms with Gasteiger partial charge in [0.2, 0.25) is 0 Å². The van der Waals surface area contributed by atoms with Crippen molar-refractivity contribution in [1.82, 2.24) is 0 Å². The fourth-order valence-electron chi connectivity index (χ4n) is 1.78. The second-order valence-electron chi connectivity index (χ2n) is 4.08. The Bertz CT molecular complexity index is 558. The van der Waals surface area contributed by atoms with Gasteiger partial charge in [0.15, 0.2) is 0 Å². The first-order valence-corrected chi connectivity index (χ1v) is 5.97. The highest BCUT2D eigenvalue weighted by molar-refractivity contribution is 5.33. The van der Waals surface area contributed by atoms with Gasteiger partial charge in [-0.3, -0.25) is 0 Å². The maximum atomic E-state index is 13.2. The van der Waals surface area contributed by atoms with Gasteiger partial charge in [-0.25, -0.2) is 4.39 Å². The monoisotopic (exact) mass is 261 g/mol. The molecule has 0 aromatic heterocycles. The number of rotatable bonds is 5. The van der Waals surface area contributed by atoms with Crippen molar-refractivity contribution in [2.75, 3.05) is 7.11 Å². The summed E-state index contributed by atoms with van der Waals surface area (Å²) in [5.74, 6) is 1.10. The van der Waals surface area contributed by atoms with Crippen molar-refractivity contribution in [2.24, 2.45) is 5.73 Å². The van der Waals surface area contributed by atoms with Gasteiger partial charge < -0.3 is 15.2 Å². The van der Waals surface area contributed by atoms with Crippen LogP contribution in [0.2, 0.25) is 0 Å². The third-order valence-electron chi connectivity index (χ3n) is 2.82. The summed E-state index contributed by atoms with van der Waals surface area (Å²) < 4.78 is 24.0. The lowest BCUT2D eigenvalue weighted by molar-refractivity contribution is 0.302. The summed E-state index contributed by atoms with van der Waals surface area (Å²) in [6, 6.07) is 11.8. The van der Waals surface area contributed by atoms with Crippen LogP contribution in [0.25, 0.3) is 0 Å².